The molecule has 0 spiro atoms. The first-order chi connectivity index (χ1) is 16.7. The molecule has 2 amide bonds. The molecule has 3 atom stereocenters. The summed E-state index contributed by atoms with van der Waals surface area (Å²) in [6, 6.07) is 16.9. The number of fused-ring (bicyclic) bond motifs is 1. The lowest BCUT2D eigenvalue weighted by atomic mass is 9.94. The lowest BCUT2D eigenvalue weighted by molar-refractivity contribution is -0.124. The third kappa shape index (κ3) is 5.43. The van der Waals surface area contributed by atoms with E-state index in [1.165, 1.54) is 11.0 Å². The number of benzene rings is 2. The van der Waals surface area contributed by atoms with Crippen LogP contribution in [-0.4, -0.2) is 32.8 Å². The third-order valence-corrected chi connectivity index (χ3v) is 9.13. The minimum atomic E-state index is -4.02. The van der Waals surface area contributed by atoms with Crippen molar-refractivity contribution < 1.29 is 18.0 Å². The summed E-state index contributed by atoms with van der Waals surface area (Å²) in [5, 5.41) is 5.60. The van der Waals surface area contributed by atoms with E-state index in [2.05, 4.69) is 10.0 Å². The van der Waals surface area contributed by atoms with Crippen LogP contribution < -0.4 is 14.9 Å². The number of hydrogen-bond donors (Lipinski definition) is 2. The van der Waals surface area contributed by atoms with Crippen LogP contribution in [0.4, 0.5) is 5.69 Å². The zero-order valence-electron chi connectivity index (χ0n) is 19.3. The highest BCUT2D eigenvalue weighted by Crippen LogP contribution is 2.37. The largest absolute Gasteiger partial charge is 0.301 e. The van der Waals surface area contributed by atoms with Crippen LogP contribution in [0.15, 0.2) is 70.3 Å². The number of nitrogens with zero attached hydrogens (tertiary/aromatic N) is 1. The van der Waals surface area contributed by atoms with Gasteiger partial charge < -0.3 is 4.90 Å². The molecule has 7 nitrogen and oxygen atoms in total. The van der Waals surface area contributed by atoms with Gasteiger partial charge in [0.15, 0.2) is 0 Å². The van der Waals surface area contributed by atoms with E-state index < -0.39 is 28.5 Å². The maximum absolute atomic E-state index is 13.8. The fraction of sp³-hybridized carbons (Fsp3) is 0.280. The molecular weight excluding hydrogens is 506 g/mol. The van der Waals surface area contributed by atoms with E-state index in [1.807, 2.05) is 44.2 Å². The van der Waals surface area contributed by atoms with Crippen molar-refractivity contribution in [2.45, 2.75) is 36.6 Å². The van der Waals surface area contributed by atoms with Crippen LogP contribution in [-0.2, 0) is 19.6 Å². The normalized spacial score (nSPS) is 19.1. The molecule has 2 heterocycles. The van der Waals surface area contributed by atoms with Gasteiger partial charge >= 0.3 is 0 Å². The predicted octanol–water partition coefficient (Wildman–Crippen LogP) is 4.35. The Morgan fingerprint density at radius 3 is 2.57 bits per heavy atom. The smallest absolute Gasteiger partial charge is 0.273 e. The van der Waals surface area contributed by atoms with Crippen molar-refractivity contribution in [3.05, 3.63) is 82.2 Å². The Labute approximate surface area is 214 Å². The van der Waals surface area contributed by atoms with Crippen molar-refractivity contribution in [3.63, 3.8) is 0 Å². The lowest BCUT2D eigenvalue weighted by Gasteiger charge is -2.28. The minimum Gasteiger partial charge on any atom is -0.301 e. The van der Waals surface area contributed by atoms with Gasteiger partial charge in [0.25, 0.3) is 15.9 Å². The lowest BCUT2D eigenvalue weighted by Crippen LogP contribution is -2.51. The van der Waals surface area contributed by atoms with Crippen molar-refractivity contribution >= 4 is 50.5 Å². The Kier molecular flexibility index (Phi) is 7.61. The molecular formula is C25H26ClN3O4S2. The summed E-state index contributed by atoms with van der Waals surface area (Å²) >= 11 is 7.36. The van der Waals surface area contributed by atoms with E-state index in [-0.39, 0.29) is 22.1 Å². The summed E-state index contributed by atoms with van der Waals surface area (Å²) in [6.07, 6.45) is 0.731. The quantitative estimate of drug-likeness (QED) is 0.472. The molecule has 3 aromatic rings. The van der Waals surface area contributed by atoms with E-state index in [1.54, 1.807) is 29.6 Å². The molecule has 4 rings (SSSR count). The molecule has 35 heavy (non-hydrogen) atoms. The van der Waals surface area contributed by atoms with Gasteiger partial charge in [0, 0.05) is 10.7 Å². The van der Waals surface area contributed by atoms with Gasteiger partial charge in [-0.15, -0.1) is 11.3 Å². The first-order valence-corrected chi connectivity index (χ1v) is 14.0. The second kappa shape index (κ2) is 10.5. The Bertz CT molecular complexity index is 1310. The molecule has 1 aliphatic heterocycles. The Morgan fingerprint density at radius 2 is 1.91 bits per heavy atom. The van der Waals surface area contributed by atoms with Crippen molar-refractivity contribution in [1.29, 1.82) is 0 Å². The zero-order valence-corrected chi connectivity index (χ0v) is 21.7. The van der Waals surface area contributed by atoms with E-state index in [4.69, 9.17) is 11.6 Å². The molecule has 0 aliphatic carbocycles. The van der Waals surface area contributed by atoms with Crippen LogP contribution in [0.3, 0.4) is 0 Å². The number of hydrogen-bond acceptors (Lipinski definition) is 6. The maximum Gasteiger partial charge on any atom is 0.273 e. The molecule has 1 aliphatic rings. The third-order valence-electron chi connectivity index (χ3n) is 6.13. The van der Waals surface area contributed by atoms with E-state index >= 15 is 0 Å². The highest BCUT2D eigenvalue weighted by molar-refractivity contribution is 7.92. The van der Waals surface area contributed by atoms with Crippen LogP contribution in [0.5, 0.6) is 0 Å². The fourth-order valence-electron chi connectivity index (χ4n) is 4.15. The fourth-order valence-corrected chi connectivity index (χ4v) is 6.30. The van der Waals surface area contributed by atoms with Crippen LogP contribution >= 0.6 is 22.9 Å². The molecule has 0 fully saturated rings. The van der Waals surface area contributed by atoms with Crippen LogP contribution in [0.2, 0.25) is 5.02 Å². The van der Waals surface area contributed by atoms with Crippen molar-refractivity contribution in [2.24, 2.45) is 5.92 Å². The molecule has 1 aromatic heterocycles. The Hall–Kier alpha value is -2.72. The summed E-state index contributed by atoms with van der Waals surface area (Å²) < 4.78 is 27.3. The number of rotatable bonds is 7. The van der Waals surface area contributed by atoms with Gasteiger partial charge in [-0.2, -0.15) is 0 Å². The van der Waals surface area contributed by atoms with Gasteiger partial charge in [0.2, 0.25) is 5.91 Å². The summed E-state index contributed by atoms with van der Waals surface area (Å²) in [6.45, 7) is 3.52. The molecule has 10 heteroatoms. The standard InChI is InChI=1S/C25H26ClN3O4S2/c1-3-16(2)23-25(31)29(15-21(30)28-35(32,33)22-10-7-13-34-22)20-12-11-18(26)14-19(20)24(27-23)17-8-5-4-6-9-17/h4-14,16,23-24,27H,3,15H2,1-2H3,(H,28,30)/t16-,23-,24?/m0/s1. The monoisotopic (exact) mass is 531 g/mol. The minimum absolute atomic E-state index is 0.0310. The van der Waals surface area contributed by atoms with Gasteiger partial charge in [0.05, 0.1) is 12.1 Å². The zero-order chi connectivity index (χ0) is 25.2. The molecule has 0 radical (unpaired) electrons. The number of thiophene rings is 1. The van der Waals surface area contributed by atoms with Crippen molar-refractivity contribution in [2.75, 3.05) is 11.4 Å². The number of nitrogens with one attached hydrogen (secondary N) is 2. The molecule has 1 unspecified atom stereocenters. The number of anilines is 1. The van der Waals surface area contributed by atoms with E-state index in [0.717, 1.165) is 28.9 Å². The maximum atomic E-state index is 13.8. The average Bonchev–Trinajstić information content (AvgIpc) is 3.36. The number of carbonyl (C=O) groups excluding carboxylic acids is 2. The summed E-state index contributed by atoms with van der Waals surface area (Å²) in [7, 11) is -4.02. The van der Waals surface area contributed by atoms with E-state index in [0.29, 0.717) is 10.7 Å². The molecule has 0 bridgehead atoms. The van der Waals surface area contributed by atoms with Gasteiger partial charge in [-0.05, 0) is 46.7 Å². The summed E-state index contributed by atoms with van der Waals surface area (Å²) in [5.74, 6) is -1.14. The van der Waals surface area contributed by atoms with Crippen LogP contribution in [0, 0.1) is 5.92 Å². The molecule has 184 valence electrons. The highest BCUT2D eigenvalue weighted by atomic mass is 35.5. The Morgan fingerprint density at radius 1 is 1.17 bits per heavy atom. The van der Waals surface area contributed by atoms with Crippen molar-refractivity contribution in [3.8, 4) is 0 Å². The van der Waals surface area contributed by atoms with E-state index in [9.17, 15) is 18.0 Å². The number of amides is 2. The molecule has 2 aromatic carbocycles. The number of sulfonamides is 1. The highest BCUT2D eigenvalue weighted by Gasteiger charge is 2.38. The first kappa shape index (κ1) is 25.4. The van der Waals surface area contributed by atoms with Gasteiger partial charge in [-0.25, -0.2) is 13.1 Å². The SMILES string of the molecule is CC[C@H](C)[C@@H]1NC(c2ccccc2)c2cc(Cl)ccc2N(CC(=O)NS(=O)(=O)c2cccs2)C1=O. The van der Waals surface area contributed by atoms with Crippen LogP contribution in [0.1, 0.15) is 37.4 Å². The molecule has 0 saturated heterocycles. The van der Waals surface area contributed by atoms with Gasteiger partial charge in [-0.1, -0.05) is 68.3 Å². The second-order valence-electron chi connectivity index (χ2n) is 8.46. The molecule has 2 N–H and O–H groups in total. The van der Waals surface area contributed by atoms with Gasteiger partial charge in [0.1, 0.15) is 10.8 Å². The first-order valence-electron chi connectivity index (χ1n) is 11.2. The molecule has 0 saturated carbocycles. The summed E-state index contributed by atoms with van der Waals surface area (Å²) in [5.41, 5.74) is 2.19. The topological polar surface area (TPSA) is 95.6 Å². The average molecular weight is 532 g/mol. The second-order valence-corrected chi connectivity index (χ2v) is 11.8. The van der Waals surface area contributed by atoms with Crippen molar-refractivity contribution in [1.82, 2.24) is 10.0 Å². The van der Waals surface area contributed by atoms with Gasteiger partial charge in [-0.3, -0.25) is 14.9 Å². The number of halogens is 1. The Balaban J connectivity index is 1.75. The predicted molar refractivity (Wildman–Crippen MR) is 138 cm³/mol. The summed E-state index contributed by atoms with van der Waals surface area (Å²) in [4.78, 5) is 28.1. The number of carbonyl (C=O) groups is 2. The van der Waals surface area contributed by atoms with Crippen LogP contribution in [0.25, 0.3) is 0 Å².